The summed E-state index contributed by atoms with van der Waals surface area (Å²) in [4.78, 5) is 24.1. The third kappa shape index (κ3) is 3.32. The smallest absolute Gasteiger partial charge is 0.229 e. The van der Waals surface area contributed by atoms with Crippen LogP contribution in [0.15, 0.2) is 49.3 Å². The summed E-state index contributed by atoms with van der Waals surface area (Å²) in [5, 5.41) is 6.75. The van der Waals surface area contributed by atoms with E-state index < -0.39 is 0 Å². The fourth-order valence-corrected chi connectivity index (χ4v) is 2.06. The lowest BCUT2D eigenvalue weighted by molar-refractivity contribution is -0.115. The van der Waals surface area contributed by atoms with Crippen LogP contribution in [0.3, 0.4) is 0 Å². The van der Waals surface area contributed by atoms with Crippen molar-refractivity contribution in [3.63, 3.8) is 0 Å². The lowest BCUT2D eigenvalue weighted by Gasteiger charge is -2.06. The van der Waals surface area contributed by atoms with Crippen LogP contribution in [0, 0.1) is 6.92 Å². The van der Waals surface area contributed by atoms with Gasteiger partial charge >= 0.3 is 0 Å². The van der Waals surface area contributed by atoms with Crippen molar-refractivity contribution in [2.75, 3.05) is 5.32 Å². The van der Waals surface area contributed by atoms with E-state index in [4.69, 9.17) is 0 Å². The first-order valence-corrected chi connectivity index (χ1v) is 6.73. The number of carbonyl (C=O) groups excluding carboxylic acids is 1. The first-order valence-electron chi connectivity index (χ1n) is 6.73. The fraction of sp³-hybridized carbons (Fsp3) is 0.133. The Bertz CT molecular complexity index is 784. The Morgan fingerprint density at radius 3 is 2.91 bits per heavy atom. The monoisotopic (exact) mass is 294 g/mol. The predicted molar refractivity (Wildman–Crippen MR) is 80.5 cm³/mol. The number of hydrogen-bond donors (Lipinski definition) is 1. The number of hydrogen-bond acceptors (Lipinski definition) is 5. The van der Waals surface area contributed by atoms with Gasteiger partial charge in [-0.2, -0.15) is 5.10 Å². The van der Waals surface area contributed by atoms with Crippen molar-refractivity contribution in [1.82, 2.24) is 24.7 Å². The molecule has 0 aliphatic rings. The summed E-state index contributed by atoms with van der Waals surface area (Å²) in [5.74, 6) is 0.838. The Balaban J connectivity index is 1.70. The average Bonchev–Trinajstić information content (AvgIpc) is 3.01. The number of benzene rings is 1. The molecule has 1 aromatic carbocycles. The predicted octanol–water partition coefficient (Wildman–Crippen LogP) is 1.55. The van der Waals surface area contributed by atoms with E-state index in [0.29, 0.717) is 18.1 Å². The molecular weight excluding hydrogens is 280 g/mol. The first-order chi connectivity index (χ1) is 10.7. The van der Waals surface area contributed by atoms with Crippen LogP contribution in [0.1, 0.15) is 11.1 Å². The minimum absolute atomic E-state index is 0.131. The van der Waals surface area contributed by atoms with Crippen LogP contribution in [-0.4, -0.2) is 30.6 Å². The molecule has 110 valence electrons. The van der Waals surface area contributed by atoms with Gasteiger partial charge in [0.1, 0.15) is 24.8 Å². The van der Waals surface area contributed by atoms with E-state index in [1.54, 1.807) is 6.07 Å². The molecule has 7 heteroatoms. The molecule has 0 bridgehead atoms. The van der Waals surface area contributed by atoms with E-state index in [1.165, 1.54) is 23.7 Å². The van der Waals surface area contributed by atoms with Crippen molar-refractivity contribution < 1.29 is 4.79 Å². The molecule has 0 aliphatic carbocycles. The number of rotatable bonds is 4. The van der Waals surface area contributed by atoms with Gasteiger partial charge in [-0.3, -0.25) is 4.79 Å². The molecule has 1 N–H and O–H groups in total. The molecule has 0 aliphatic heterocycles. The lowest BCUT2D eigenvalue weighted by atomic mass is 10.1. The molecule has 0 saturated carbocycles. The Hall–Kier alpha value is -3.09. The summed E-state index contributed by atoms with van der Waals surface area (Å²) < 4.78 is 1.50. The van der Waals surface area contributed by atoms with Gasteiger partial charge in [-0.05, 0) is 12.5 Å². The zero-order chi connectivity index (χ0) is 15.4. The molecule has 2 heterocycles. The van der Waals surface area contributed by atoms with Crippen LogP contribution in [0.4, 0.5) is 5.82 Å². The van der Waals surface area contributed by atoms with E-state index >= 15 is 0 Å². The highest BCUT2D eigenvalue weighted by atomic mass is 16.1. The maximum Gasteiger partial charge on any atom is 0.229 e. The Morgan fingerprint density at radius 2 is 2.14 bits per heavy atom. The van der Waals surface area contributed by atoms with Crippen LogP contribution in [0.2, 0.25) is 0 Å². The highest BCUT2D eigenvalue weighted by Gasteiger charge is 2.07. The van der Waals surface area contributed by atoms with Crippen LogP contribution < -0.4 is 5.32 Å². The number of nitrogens with zero attached hydrogens (tertiary/aromatic N) is 5. The van der Waals surface area contributed by atoms with Gasteiger partial charge in [0, 0.05) is 6.07 Å². The zero-order valence-electron chi connectivity index (χ0n) is 12.0. The number of nitrogens with one attached hydrogen (secondary N) is 1. The molecule has 0 spiro atoms. The molecule has 3 rings (SSSR count). The highest BCUT2D eigenvalue weighted by molar-refractivity contribution is 5.91. The van der Waals surface area contributed by atoms with Gasteiger partial charge in [0.25, 0.3) is 0 Å². The minimum atomic E-state index is -0.131. The van der Waals surface area contributed by atoms with Gasteiger partial charge in [-0.15, -0.1) is 0 Å². The summed E-state index contributed by atoms with van der Waals surface area (Å²) >= 11 is 0. The second kappa shape index (κ2) is 6.13. The maximum absolute atomic E-state index is 12.1. The quantitative estimate of drug-likeness (QED) is 0.789. The molecule has 3 aromatic rings. The number of carbonyl (C=O) groups is 1. The van der Waals surface area contributed by atoms with E-state index in [1.807, 2.05) is 31.2 Å². The third-order valence-electron chi connectivity index (χ3n) is 3.02. The minimum Gasteiger partial charge on any atom is -0.310 e. The molecule has 7 nitrogen and oxygen atoms in total. The second-order valence-electron chi connectivity index (χ2n) is 4.82. The molecule has 22 heavy (non-hydrogen) atoms. The van der Waals surface area contributed by atoms with Crippen molar-refractivity contribution in [2.45, 2.75) is 13.3 Å². The second-order valence-corrected chi connectivity index (χ2v) is 4.82. The summed E-state index contributed by atoms with van der Waals surface area (Å²) in [6.45, 7) is 2.00. The van der Waals surface area contributed by atoms with Gasteiger partial charge in [-0.1, -0.05) is 29.8 Å². The van der Waals surface area contributed by atoms with Crippen molar-refractivity contribution in [3.05, 3.63) is 60.4 Å². The third-order valence-corrected chi connectivity index (χ3v) is 3.02. The van der Waals surface area contributed by atoms with E-state index in [-0.39, 0.29) is 5.91 Å². The summed E-state index contributed by atoms with van der Waals surface area (Å²) in [7, 11) is 0. The van der Waals surface area contributed by atoms with Crippen LogP contribution in [0.5, 0.6) is 0 Å². The molecule has 0 radical (unpaired) electrons. The van der Waals surface area contributed by atoms with Crippen molar-refractivity contribution in [2.24, 2.45) is 0 Å². The fourth-order valence-electron chi connectivity index (χ4n) is 2.06. The van der Waals surface area contributed by atoms with Crippen LogP contribution in [0.25, 0.3) is 5.82 Å². The summed E-state index contributed by atoms with van der Waals surface area (Å²) in [6, 6.07) is 9.48. The molecule has 0 atom stereocenters. The SMILES string of the molecule is Cc1cccc(CC(=O)Nc2cc(-n3cncn3)ncn2)c1. The van der Waals surface area contributed by atoms with E-state index in [2.05, 4.69) is 25.4 Å². The molecule has 0 unspecified atom stereocenters. The van der Waals surface area contributed by atoms with E-state index in [9.17, 15) is 4.79 Å². The number of aromatic nitrogens is 5. The van der Waals surface area contributed by atoms with Crippen molar-refractivity contribution in [3.8, 4) is 5.82 Å². The average molecular weight is 294 g/mol. The zero-order valence-corrected chi connectivity index (χ0v) is 12.0. The van der Waals surface area contributed by atoms with Crippen LogP contribution in [-0.2, 0) is 11.2 Å². The molecule has 1 amide bonds. The van der Waals surface area contributed by atoms with Crippen molar-refractivity contribution in [1.29, 1.82) is 0 Å². The summed E-state index contributed by atoms with van der Waals surface area (Å²) in [5.41, 5.74) is 2.09. The molecule has 0 saturated heterocycles. The van der Waals surface area contributed by atoms with Crippen molar-refractivity contribution >= 4 is 11.7 Å². The maximum atomic E-state index is 12.1. The Labute approximate surface area is 127 Å². The highest BCUT2D eigenvalue weighted by Crippen LogP contribution is 2.09. The van der Waals surface area contributed by atoms with Crippen LogP contribution >= 0.6 is 0 Å². The van der Waals surface area contributed by atoms with E-state index in [0.717, 1.165) is 11.1 Å². The van der Waals surface area contributed by atoms with Gasteiger partial charge in [0.2, 0.25) is 5.91 Å². The van der Waals surface area contributed by atoms with Gasteiger partial charge in [0.05, 0.1) is 6.42 Å². The molecular formula is C15H14N6O. The summed E-state index contributed by atoms with van der Waals surface area (Å²) in [6.07, 6.45) is 4.61. The molecule has 0 fully saturated rings. The lowest BCUT2D eigenvalue weighted by Crippen LogP contribution is -2.16. The van der Waals surface area contributed by atoms with Gasteiger partial charge < -0.3 is 5.32 Å². The topological polar surface area (TPSA) is 85.6 Å². The Kier molecular flexibility index (Phi) is 3.86. The standard InChI is InChI=1S/C15H14N6O/c1-11-3-2-4-12(5-11)6-15(22)20-13-7-14(18-9-17-13)21-10-16-8-19-21/h2-5,7-10H,6H2,1H3,(H,17,18,20,22). The van der Waals surface area contributed by atoms with Gasteiger partial charge in [0.15, 0.2) is 5.82 Å². The number of amides is 1. The number of aryl methyl sites for hydroxylation is 1. The normalized spacial score (nSPS) is 10.4. The molecule has 2 aromatic heterocycles. The first kappa shape index (κ1) is 13.9. The largest absolute Gasteiger partial charge is 0.310 e. The van der Waals surface area contributed by atoms with Gasteiger partial charge in [-0.25, -0.2) is 19.6 Å². The number of anilines is 1. The Morgan fingerprint density at radius 1 is 1.23 bits per heavy atom.